The number of nitrogens with zero attached hydrogens (tertiary/aromatic N) is 2. The van der Waals surface area contributed by atoms with Crippen molar-refractivity contribution < 1.29 is 19.4 Å². The number of thiazole rings is 1. The molecule has 2 heterocycles. The van der Waals surface area contributed by atoms with Gasteiger partial charge in [-0.15, -0.1) is 11.3 Å². The van der Waals surface area contributed by atoms with Crippen LogP contribution in [0.15, 0.2) is 60.9 Å². The largest absolute Gasteiger partial charge is 0.497 e. The second kappa shape index (κ2) is 11.9. The summed E-state index contributed by atoms with van der Waals surface area (Å²) in [4.78, 5) is 34.7. The predicted molar refractivity (Wildman–Crippen MR) is 149 cm³/mol. The number of ether oxygens (including phenoxy) is 1. The van der Waals surface area contributed by atoms with E-state index in [0.717, 1.165) is 49.3 Å². The first-order chi connectivity index (χ1) is 18.2. The molecule has 196 valence electrons. The van der Waals surface area contributed by atoms with E-state index in [-0.39, 0.29) is 12.3 Å². The Morgan fingerprint density at radius 1 is 1.03 bits per heavy atom. The first kappa shape index (κ1) is 26.8. The highest BCUT2D eigenvalue weighted by Gasteiger charge is 2.23. The summed E-state index contributed by atoms with van der Waals surface area (Å²) >= 11 is 1.57. The molecule has 0 spiro atoms. The Morgan fingerprint density at radius 3 is 2.39 bits per heavy atom. The molecule has 0 radical (unpaired) electrons. The predicted octanol–water partition coefficient (Wildman–Crippen LogP) is 5.18. The van der Waals surface area contributed by atoms with Gasteiger partial charge in [-0.25, -0.2) is 14.8 Å². The molecule has 0 saturated heterocycles. The molecule has 4 rings (SSSR count). The van der Waals surface area contributed by atoms with Crippen molar-refractivity contribution in [3.8, 4) is 16.3 Å². The molecule has 4 aromatic rings. The summed E-state index contributed by atoms with van der Waals surface area (Å²) in [6.45, 7) is 6.27. The Labute approximate surface area is 225 Å². The van der Waals surface area contributed by atoms with E-state index in [1.165, 1.54) is 0 Å². The van der Waals surface area contributed by atoms with Crippen LogP contribution in [0, 0.1) is 20.8 Å². The molecular formula is C29H30N4O4S. The highest BCUT2D eigenvalue weighted by molar-refractivity contribution is 7.15. The molecule has 1 atom stereocenters. The Hall–Kier alpha value is -4.24. The monoisotopic (exact) mass is 530 g/mol. The smallest absolute Gasteiger partial charge is 0.326 e. The van der Waals surface area contributed by atoms with Crippen molar-refractivity contribution in [2.45, 2.75) is 39.8 Å². The second-order valence-corrected chi connectivity index (χ2v) is 10.2. The van der Waals surface area contributed by atoms with Crippen LogP contribution in [0.2, 0.25) is 0 Å². The molecule has 0 aliphatic carbocycles. The average molecular weight is 531 g/mol. The third kappa shape index (κ3) is 6.54. The molecule has 1 unspecified atom stereocenters. The van der Waals surface area contributed by atoms with Gasteiger partial charge in [0.25, 0.3) is 5.91 Å². The zero-order valence-electron chi connectivity index (χ0n) is 21.7. The lowest BCUT2D eigenvalue weighted by atomic mass is 9.98. The summed E-state index contributed by atoms with van der Waals surface area (Å²) in [5, 5.41) is 16.6. The maximum Gasteiger partial charge on any atom is 0.326 e. The lowest BCUT2D eigenvalue weighted by molar-refractivity contribution is -0.139. The normalized spacial score (nSPS) is 11.6. The van der Waals surface area contributed by atoms with Crippen molar-refractivity contribution in [1.29, 1.82) is 0 Å². The number of amides is 1. The van der Waals surface area contributed by atoms with Crippen LogP contribution in [-0.4, -0.2) is 40.1 Å². The maximum absolute atomic E-state index is 12.9. The van der Waals surface area contributed by atoms with Gasteiger partial charge in [0.2, 0.25) is 0 Å². The number of carboxylic acids is 1. The van der Waals surface area contributed by atoms with Crippen LogP contribution in [0.25, 0.3) is 10.6 Å². The van der Waals surface area contributed by atoms with E-state index in [1.807, 2.05) is 69.4 Å². The van der Waals surface area contributed by atoms with E-state index in [2.05, 4.69) is 20.6 Å². The van der Waals surface area contributed by atoms with Crippen molar-refractivity contribution in [3.05, 3.63) is 93.6 Å². The number of carbonyl (C=O) groups excluding carboxylic acids is 1. The number of aliphatic carboxylic acids is 1. The third-order valence-corrected chi connectivity index (χ3v) is 7.16. The van der Waals surface area contributed by atoms with E-state index < -0.39 is 12.0 Å². The van der Waals surface area contributed by atoms with E-state index in [0.29, 0.717) is 12.1 Å². The van der Waals surface area contributed by atoms with E-state index >= 15 is 0 Å². The lowest BCUT2D eigenvalue weighted by Gasteiger charge is -2.17. The number of carboxylic acid groups (broad SMARTS) is 1. The van der Waals surface area contributed by atoms with Crippen molar-refractivity contribution >= 4 is 29.0 Å². The van der Waals surface area contributed by atoms with Crippen LogP contribution < -0.4 is 15.4 Å². The number of rotatable bonds is 10. The van der Waals surface area contributed by atoms with Crippen molar-refractivity contribution in [2.24, 2.45) is 0 Å². The maximum atomic E-state index is 12.9. The molecule has 2 aromatic carbocycles. The standard InChI is InChI=1S/C29H30N4O4S/c1-17-11-18(2)26(19(3)12-17)27(34)33-24(29(35)36)13-20-5-7-21(8-6-20)28-32-16-23(38-28)15-31-25-14-22(37-4)9-10-30-25/h5-12,14,16,24H,13,15H2,1-4H3,(H,30,31)(H,33,34)(H,35,36). The molecule has 1 amide bonds. The number of anilines is 1. The third-order valence-electron chi connectivity index (χ3n) is 6.11. The number of hydrogen-bond donors (Lipinski definition) is 3. The summed E-state index contributed by atoms with van der Waals surface area (Å²) in [5.41, 5.74) is 4.97. The number of methoxy groups -OCH3 is 1. The zero-order chi connectivity index (χ0) is 27.2. The van der Waals surface area contributed by atoms with Gasteiger partial charge >= 0.3 is 5.97 Å². The number of pyridine rings is 1. The Balaban J connectivity index is 1.39. The molecular weight excluding hydrogens is 500 g/mol. The van der Waals surface area contributed by atoms with Gasteiger partial charge in [-0.1, -0.05) is 42.0 Å². The second-order valence-electron chi connectivity index (χ2n) is 9.11. The summed E-state index contributed by atoms with van der Waals surface area (Å²) in [5.74, 6) is -0.00128. The van der Waals surface area contributed by atoms with Crippen molar-refractivity contribution in [1.82, 2.24) is 15.3 Å². The molecule has 38 heavy (non-hydrogen) atoms. The van der Waals surface area contributed by atoms with E-state index in [9.17, 15) is 14.7 Å². The summed E-state index contributed by atoms with van der Waals surface area (Å²) < 4.78 is 5.22. The topological polar surface area (TPSA) is 113 Å². The van der Waals surface area contributed by atoms with Gasteiger partial charge in [0, 0.05) is 40.9 Å². The lowest BCUT2D eigenvalue weighted by Crippen LogP contribution is -2.42. The number of carbonyl (C=O) groups is 2. The van der Waals surface area contributed by atoms with Gasteiger partial charge in [-0.05, 0) is 43.5 Å². The molecule has 0 aliphatic rings. The SMILES string of the molecule is COc1ccnc(NCc2cnc(-c3ccc(CC(NC(=O)c4c(C)cc(C)cc4C)C(=O)O)cc3)s2)c1. The van der Waals surface area contributed by atoms with Crippen molar-refractivity contribution in [3.63, 3.8) is 0 Å². The first-order valence-electron chi connectivity index (χ1n) is 12.1. The highest BCUT2D eigenvalue weighted by Crippen LogP contribution is 2.26. The molecule has 0 fully saturated rings. The first-order valence-corrected chi connectivity index (χ1v) is 12.9. The minimum absolute atomic E-state index is 0.173. The van der Waals surface area contributed by atoms with Crippen LogP contribution >= 0.6 is 11.3 Å². The Kier molecular flexibility index (Phi) is 8.38. The summed E-state index contributed by atoms with van der Waals surface area (Å²) in [6.07, 6.45) is 3.68. The summed E-state index contributed by atoms with van der Waals surface area (Å²) in [7, 11) is 1.62. The molecule has 0 aliphatic heterocycles. The Morgan fingerprint density at radius 2 is 1.74 bits per heavy atom. The van der Waals surface area contributed by atoms with E-state index in [4.69, 9.17) is 4.74 Å². The van der Waals surface area contributed by atoms with Gasteiger partial charge in [-0.3, -0.25) is 4.79 Å². The van der Waals surface area contributed by atoms with E-state index in [1.54, 1.807) is 30.7 Å². The minimum Gasteiger partial charge on any atom is -0.497 e. The molecule has 2 aromatic heterocycles. The van der Waals surface area contributed by atoms with Gasteiger partial charge in [0.05, 0.1) is 13.7 Å². The van der Waals surface area contributed by atoms with Gasteiger partial charge in [0.1, 0.15) is 22.6 Å². The minimum atomic E-state index is -1.08. The average Bonchev–Trinajstić information content (AvgIpc) is 3.36. The fraction of sp³-hybridized carbons (Fsp3) is 0.241. The molecule has 8 nitrogen and oxygen atoms in total. The van der Waals surface area contributed by atoms with Gasteiger partial charge < -0.3 is 20.5 Å². The fourth-order valence-electron chi connectivity index (χ4n) is 4.32. The number of hydrogen-bond acceptors (Lipinski definition) is 7. The zero-order valence-corrected chi connectivity index (χ0v) is 22.6. The molecule has 3 N–H and O–H groups in total. The molecule has 0 bridgehead atoms. The highest BCUT2D eigenvalue weighted by atomic mass is 32.1. The van der Waals surface area contributed by atoms with Gasteiger partial charge in [-0.2, -0.15) is 0 Å². The molecule has 0 saturated carbocycles. The number of benzene rings is 2. The van der Waals surface area contributed by atoms with Gasteiger partial charge in [0.15, 0.2) is 0 Å². The van der Waals surface area contributed by atoms with Crippen LogP contribution in [0.4, 0.5) is 5.82 Å². The quantitative estimate of drug-likeness (QED) is 0.259. The molecule has 9 heteroatoms. The van der Waals surface area contributed by atoms with Crippen LogP contribution in [0.5, 0.6) is 5.75 Å². The fourth-order valence-corrected chi connectivity index (χ4v) is 5.18. The van der Waals surface area contributed by atoms with Crippen molar-refractivity contribution in [2.75, 3.05) is 12.4 Å². The number of nitrogens with one attached hydrogen (secondary N) is 2. The number of aryl methyl sites for hydroxylation is 3. The Bertz CT molecular complexity index is 1430. The summed E-state index contributed by atoms with van der Waals surface area (Å²) in [6, 6.07) is 14.0. The number of aromatic nitrogens is 2. The van der Waals surface area contributed by atoms with Crippen LogP contribution in [0.1, 0.15) is 37.5 Å². The van der Waals surface area contributed by atoms with Crippen LogP contribution in [-0.2, 0) is 17.8 Å². The van der Waals surface area contributed by atoms with Crippen LogP contribution in [0.3, 0.4) is 0 Å².